The van der Waals surface area contributed by atoms with Gasteiger partial charge in [-0.05, 0) is 24.6 Å². The van der Waals surface area contributed by atoms with Gasteiger partial charge < -0.3 is 25.3 Å². The van der Waals surface area contributed by atoms with Gasteiger partial charge in [-0.2, -0.15) is 0 Å². The number of ether oxygens (including phenoxy) is 3. The van der Waals surface area contributed by atoms with Crippen LogP contribution < -0.4 is 20.5 Å². The van der Waals surface area contributed by atoms with E-state index in [9.17, 15) is 14.4 Å². The minimum atomic E-state index is -0.694. The van der Waals surface area contributed by atoms with E-state index in [2.05, 4.69) is 5.32 Å². The van der Waals surface area contributed by atoms with Gasteiger partial charge in [-0.1, -0.05) is 0 Å². The first-order valence-corrected chi connectivity index (χ1v) is 8.20. The minimum absolute atomic E-state index is 0.0899. The molecule has 0 aliphatic carbocycles. The third-order valence-corrected chi connectivity index (χ3v) is 4.86. The molecule has 2 aromatic rings. The molecule has 26 heavy (non-hydrogen) atoms. The highest BCUT2D eigenvalue weighted by Gasteiger charge is 2.26. The summed E-state index contributed by atoms with van der Waals surface area (Å²) in [6.45, 7) is 1.56. The van der Waals surface area contributed by atoms with E-state index in [1.165, 1.54) is 27.4 Å². The summed E-state index contributed by atoms with van der Waals surface area (Å²) in [5.74, 6) is -1.07. The van der Waals surface area contributed by atoms with Gasteiger partial charge in [0.25, 0.3) is 11.8 Å². The van der Waals surface area contributed by atoms with Crippen molar-refractivity contribution in [2.24, 2.45) is 5.73 Å². The Morgan fingerprint density at radius 3 is 2.35 bits per heavy atom. The number of esters is 1. The van der Waals surface area contributed by atoms with Crippen molar-refractivity contribution < 1.29 is 28.6 Å². The van der Waals surface area contributed by atoms with Crippen LogP contribution in [0.25, 0.3) is 0 Å². The highest BCUT2D eigenvalue weighted by atomic mass is 32.1. The summed E-state index contributed by atoms with van der Waals surface area (Å²) in [4.78, 5) is 36.4. The lowest BCUT2D eigenvalue weighted by Crippen LogP contribution is -2.15. The molecule has 1 aromatic carbocycles. The summed E-state index contributed by atoms with van der Waals surface area (Å²) in [6, 6.07) is 4.69. The van der Waals surface area contributed by atoms with Crippen LogP contribution >= 0.6 is 11.3 Å². The van der Waals surface area contributed by atoms with Crippen molar-refractivity contribution in [2.75, 3.05) is 26.6 Å². The maximum atomic E-state index is 12.7. The molecule has 0 radical (unpaired) electrons. The average Bonchev–Trinajstić information content (AvgIpc) is 2.96. The van der Waals surface area contributed by atoms with E-state index in [1.807, 2.05) is 0 Å². The van der Waals surface area contributed by atoms with E-state index in [4.69, 9.17) is 19.9 Å². The Hall–Kier alpha value is -3.07. The number of thiophene rings is 1. The van der Waals surface area contributed by atoms with Crippen molar-refractivity contribution >= 4 is 34.1 Å². The van der Waals surface area contributed by atoms with E-state index in [-0.39, 0.29) is 21.0 Å². The zero-order valence-corrected chi connectivity index (χ0v) is 15.5. The third kappa shape index (κ3) is 3.62. The van der Waals surface area contributed by atoms with Crippen molar-refractivity contribution in [1.82, 2.24) is 0 Å². The van der Waals surface area contributed by atoms with Gasteiger partial charge >= 0.3 is 5.97 Å². The Kier molecular flexibility index (Phi) is 5.83. The molecule has 0 aliphatic rings. The second-order valence-electron chi connectivity index (χ2n) is 5.14. The number of amides is 2. The zero-order chi connectivity index (χ0) is 19.4. The molecule has 8 nitrogen and oxygen atoms in total. The molecule has 3 N–H and O–H groups in total. The van der Waals surface area contributed by atoms with Crippen molar-refractivity contribution in [2.45, 2.75) is 6.92 Å². The Labute approximate surface area is 153 Å². The molecule has 1 aromatic heterocycles. The van der Waals surface area contributed by atoms with Gasteiger partial charge in [-0.15, -0.1) is 11.3 Å². The van der Waals surface area contributed by atoms with Crippen molar-refractivity contribution in [3.8, 4) is 11.5 Å². The van der Waals surface area contributed by atoms with Crippen LogP contribution in [0.15, 0.2) is 18.2 Å². The maximum absolute atomic E-state index is 12.7. The molecule has 2 amide bonds. The van der Waals surface area contributed by atoms with Crippen LogP contribution in [-0.2, 0) is 4.74 Å². The summed E-state index contributed by atoms with van der Waals surface area (Å²) in [6.07, 6.45) is 0. The van der Waals surface area contributed by atoms with E-state index in [0.29, 0.717) is 17.1 Å². The molecular formula is C17H18N2O6S. The van der Waals surface area contributed by atoms with Crippen molar-refractivity contribution in [1.29, 1.82) is 0 Å². The number of benzene rings is 1. The fraction of sp³-hybridized carbons (Fsp3) is 0.235. The number of carbonyl (C=O) groups is 3. The first kappa shape index (κ1) is 19.3. The predicted octanol–water partition coefficient (Wildman–Crippen LogP) is 2.21. The SMILES string of the molecule is COC(=O)c1c(NC(=O)c2ccc(OC)cc2OC)sc(C(N)=O)c1C. The van der Waals surface area contributed by atoms with Gasteiger partial charge in [0, 0.05) is 6.07 Å². The summed E-state index contributed by atoms with van der Waals surface area (Å²) in [5, 5.41) is 2.79. The van der Waals surface area contributed by atoms with Crippen LogP contribution in [0.4, 0.5) is 5.00 Å². The van der Waals surface area contributed by atoms with E-state index < -0.39 is 17.8 Å². The second kappa shape index (κ2) is 7.87. The Bertz CT molecular complexity index is 874. The molecule has 0 spiro atoms. The number of hydrogen-bond donors (Lipinski definition) is 2. The number of anilines is 1. The van der Waals surface area contributed by atoms with Gasteiger partial charge in [0.2, 0.25) is 0 Å². The number of nitrogens with one attached hydrogen (secondary N) is 1. The standard InChI is InChI=1S/C17H18N2O6S/c1-8-12(17(22)25-4)16(26-13(8)14(18)20)19-15(21)10-6-5-9(23-2)7-11(10)24-3/h5-7H,1-4H3,(H2,18,20)(H,19,21). The highest BCUT2D eigenvalue weighted by Crippen LogP contribution is 2.34. The average molecular weight is 378 g/mol. The number of hydrogen-bond acceptors (Lipinski definition) is 7. The fourth-order valence-corrected chi connectivity index (χ4v) is 3.38. The Morgan fingerprint density at radius 1 is 1.12 bits per heavy atom. The molecular weight excluding hydrogens is 360 g/mol. The summed E-state index contributed by atoms with van der Waals surface area (Å²) in [7, 11) is 4.13. The summed E-state index contributed by atoms with van der Waals surface area (Å²) < 4.78 is 15.0. The molecule has 2 rings (SSSR count). The topological polar surface area (TPSA) is 117 Å². The normalized spacial score (nSPS) is 10.2. The molecule has 138 valence electrons. The lowest BCUT2D eigenvalue weighted by Gasteiger charge is -2.11. The largest absolute Gasteiger partial charge is 0.497 e. The van der Waals surface area contributed by atoms with Gasteiger partial charge in [-0.3, -0.25) is 9.59 Å². The maximum Gasteiger partial charge on any atom is 0.341 e. The molecule has 0 bridgehead atoms. The number of nitrogens with two attached hydrogens (primary N) is 1. The lowest BCUT2D eigenvalue weighted by atomic mass is 10.1. The van der Waals surface area contributed by atoms with Crippen LogP contribution in [0.3, 0.4) is 0 Å². The quantitative estimate of drug-likeness (QED) is 0.744. The summed E-state index contributed by atoms with van der Waals surface area (Å²) in [5.41, 5.74) is 6.01. The molecule has 0 saturated heterocycles. The van der Waals surface area contributed by atoms with Crippen LogP contribution in [0.1, 0.15) is 36.0 Å². The molecule has 0 unspecified atom stereocenters. The number of methoxy groups -OCH3 is 3. The van der Waals surface area contributed by atoms with Crippen molar-refractivity contribution in [3.05, 3.63) is 39.8 Å². The van der Waals surface area contributed by atoms with Gasteiger partial charge in [0.1, 0.15) is 16.5 Å². The molecule has 0 atom stereocenters. The third-order valence-electron chi connectivity index (χ3n) is 3.64. The van der Waals surface area contributed by atoms with E-state index >= 15 is 0 Å². The number of rotatable bonds is 6. The zero-order valence-electron chi connectivity index (χ0n) is 14.7. The van der Waals surface area contributed by atoms with E-state index in [1.54, 1.807) is 19.1 Å². The van der Waals surface area contributed by atoms with Crippen LogP contribution in [-0.4, -0.2) is 39.1 Å². The van der Waals surface area contributed by atoms with Crippen molar-refractivity contribution in [3.63, 3.8) is 0 Å². The lowest BCUT2D eigenvalue weighted by molar-refractivity contribution is 0.0601. The Balaban J connectivity index is 2.45. The second-order valence-corrected chi connectivity index (χ2v) is 6.16. The molecule has 0 fully saturated rings. The molecule has 9 heteroatoms. The Morgan fingerprint density at radius 2 is 1.81 bits per heavy atom. The number of primary amides is 1. The van der Waals surface area contributed by atoms with Crippen LogP contribution in [0, 0.1) is 6.92 Å². The monoisotopic (exact) mass is 378 g/mol. The predicted molar refractivity (Wildman–Crippen MR) is 96.4 cm³/mol. The highest BCUT2D eigenvalue weighted by molar-refractivity contribution is 7.18. The smallest absolute Gasteiger partial charge is 0.341 e. The number of carbonyl (C=O) groups excluding carboxylic acids is 3. The van der Waals surface area contributed by atoms with E-state index in [0.717, 1.165) is 11.3 Å². The van der Waals surface area contributed by atoms with Crippen LogP contribution in [0.5, 0.6) is 11.5 Å². The summed E-state index contributed by atoms with van der Waals surface area (Å²) >= 11 is 0.909. The van der Waals surface area contributed by atoms with Gasteiger partial charge in [0.05, 0.1) is 37.3 Å². The van der Waals surface area contributed by atoms with Gasteiger partial charge in [0.15, 0.2) is 0 Å². The first-order chi connectivity index (χ1) is 12.3. The van der Waals surface area contributed by atoms with Gasteiger partial charge in [-0.25, -0.2) is 4.79 Å². The first-order valence-electron chi connectivity index (χ1n) is 7.38. The molecule has 1 heterocycles. The fourth-order valence-electron chi connectivity index (χ4n) is 2.34. The minimum Gasteiger partial charge on any atom is -0.497 e. The molecule has 0 aliphatic heterocycles. The van der Waals surface area contributed by atoms with Crippen LogP contribution in [0.2, 0.25) is 0 Å². The molecule has 0 saturated carbocycles.